The van der Waals surface area contributed by atoms with Crippen LogP contribution in [0.15, 0.2) is 54.7 Å². The summed E-state index contributed by atoms with van der Waals surface area (Å²) in [6.07, 6.45) is 3.28. The second kappa shape index (κ2) is 7.80. The van der Waals surface area contributed by atoms with E-state index >= 15 is 0 Å². The molecular weight excluding hydrogens is 360 g/mol. The molecule has 0 bridgehead atoms. The van der Waals surface area contributed by atoms with Crippen molar-refractivity contribution in [1.29, 1.82) is 0 Å². The van der Waals surface area contributed by atoms with Gasteiger partial charge in [-0.1, -0.05) is 30.3 Å². The molecule has 0 aliphatic carbocycles. The molecular formula is C21H20N2O3S. The maximum atomic E-state index is 12.6. The van der Waals surface area contributed by atoms with Crippen LogP contribution in [-0.4, -0.2) is 24.6 Å². The van der Waals surface area contributed by atoms with E-state index in [1.165, 1.54) is 16.9 Å². The van der Waals surface area contributed by atoms with Gasteiger partial charge in [0.2, 0.25) is 5.91 Å². The lowest BCUT2D eigenvalue weighted by Crippen LogP contribution is -2.32. The molecule has 3 aromatic rings. The van der Waals surface area contributed by atoms with E-state index in [4.69, 9.17) is 9.47 Å². The highest BCUT2D eigenvalue weighted by atomic mass is 32.1. The van der Waals surface area contributed by atoms with Crippen LogP contribution in [0.5, 0.6) is 11.5 Å². The summed E-state index contributed by atoms with van der Waals surface area (Å²) in [6.45, 7) is 0.396. The zero-order valence-electron chi connectivity index (χ0n) is 15.0. The van der Waals surface area contributed by atoms with Crippen molar-refractivity contribution in [1.82, 2.24) is 4.98 Å². The quantitative estimate of drug-likeness (QED) is 0.729. The molecule has 1 aliphatic rings. The van der Waals surface area contributed by atoms with Crippen molar-refractivity contribution in [3.63, 3.8) is 0 Å². The van der Waals surface area contributed by atoms with Crippen molar-refractivity contribution in [3.8, 4) is 11.5 Å². The van der Waals surface area contributed by atoms with Crippen molar-refractivity contribution in [2.24, 2.45) is 5.92 Å². The van der Waals surface area contributed by atoms with E-state index in [9.17, 15) is 4.79 Å². The Balaban J connectivity index is 1.37. The second-order valence-corrected chi connectivity index (χ2v) is 7.58. The molecule has 2 heterocycles. The van der Waals surface area contributed by atoms with E-state index in [-0.39, 0.29) is 11.8 Å². The number of nitrogens with one attached hydrogen (secondary N) is 1. The summed E-state index contributed by atoms with van der Waals surface area (Å²) in [5.74, 6) is 1.47. The number of aromatic nitrogens is 1. The molecule has 27 heavy (non-hydrogen) atoms. The van der Waals surface area contributed by atoms with Crippen LogP contribution >= 0.6 is 11.3 Å². The summed E-state index contributed by atoms with van der Waals surface area (Å²) in [4.78, 5) is 18.0. The van der Waals surface area contributed by atoms with E-state index < -0.39 is 0 Å². The zero-order valence-corrected chi connectivity index (χ0v) is 15.8. The van der Waals surface area contributed by atoms with Crippen LogP contribution in [0.2, 0.25) is 0 Å². The number of carbonyl (C=O) groups excluding carboxylic acids is 1. The van der Waals surface area contributed by atoms with Crippen LogP contribution in [0, 0.1) is 5.92 Å². The van der Waals surface area contributed by atoms with E-state index in [0.717, 1.165) is 28.4 Å². The van der Waals surface area contributed by atoms with Gasteiger partial charge in [0.1, 0.15) is 18.1 Å². The molecule has 1 aromatic heterocycles. The molecule has 0 fully saturated rings. The summed E-state index contributed by atoms with van der Waals surface area (Å²) < 4.78 is 10.9. The number of methoxy groups -OCH3 is 1. The van der Waals surface area contributed by atoms with Gasteiger partial charge < -0.3 is 14.8 Å². The van der Waals surface area contributed by atoms with Crippen molar-refractivity contribution < 1.29 is 14.3 Å². The van der Waals surface area contributed by atoms with Gasteiger partial charge in [0.15, 0.2) is 5.13 Å². The number of anilines is 1. The summed E-state index contributed by atoms with van der Waals surface area (Å²) in [6, 6.07) is 15.8. The molecule has 6 heteroatoms. The van der Waals surface area contributed by atoms with Gasteiger partial charge in [0, 0.05) is 17.5 Å². The van der Waals surface area contributed by atoms with Gasteiger partial charge in [-0.25, -0.2) is 4.98 Å². The molecule has 1 N–H and O–H groups in total. The normalized spacial score (nSPS) is 15.5. The minimum absolute atomic E-state index is 0.0464. The first-order chi connectivity index (χ1) is 13.2. The Bertz CT molecular complexity index is 937. The Morgan fingerprint density at radius 3 is 2.89 bits per heavy atom. The summed E-state index contributed by atoms with van der Waals surface area (Å²) in [5.41, 5.74) is 2.25. The van der Waals surface area contributed by atoms with Gasteiger partial charge in [-0.3, -0.25) is 4.79 Å². The molecule has 0 saturated heterocycles. The first-order valence-corrected chi connectivity index (χ1v) is 9.62. The Labute approximate surface area is 162 Å². The average Bonchev–Trinajstić information content (AvgIpc) is 3.15. The number of benzene rings is 2. The number of ether oxygens (including phenoxy) is 2. The van der Waals surface area contributed by atoms with Crippen molar-refractivity contribution in [2.45, 2.75) is 12.8 Å². The lowest BCUT2D eigenvalue weighted by Gasteiger charge is -2.24. The lowest BCUT2D eigenvalue weighted by molar-refractivity contribution is -0.121. The van der Waals surface area contributed by atoms with Crippen LogP contribution in [0.25, 0.3) is 0 Å². The molecule has 4 rings (SSSR count). The number of fused-ring (bicyclic) bond motifs is 1. The Hall–Kier alpha value is -2.86. The molecule has 2 aromatic carbocycles. The van der Waals surface area contributed by atoms with E-state index in [1.54, 1.807) is 7.11 Å². The molecule has 0 unspecified atom stereocenters. The SMILES string of the molecule is COc1ccc(Cc2cnc(NC(=O)[C@@H]3COc4ccccc4C3)s2)cc1. The van der Waals surface area contributed by atoms with Crippen molar-refractivity contribution in [2.75, 3.05) is 19.0 Å². The fraction of sp³-hybridized carbons (Fsp3) is 0.238. The second-order valence-electron chi connectivity index (χ2n) is 6.47. The average molecular weight is 380 g/mol. The van der Waals surface area contributed by atoms with Crippen LogP contribution in [0.1, 0.15) is 16.0 Å². The number of nitrogens with zero attached hydrogens (tertiary/aromatic N) is 1. The number of hydrogen-bond donors (Lipinski definition) is 1. The van der Waals surface area contributed by atoms with Gasteiger partial charge in [0.05, 0.1) is 13.0 Å². The predicted molar refractivity (Wildman–Crippen MR) is 106 cm³/mol. The number of carbonyl (C=O) groups is 1. The standard InChI is InChI=1S/C21H20N2O3S/c1-25-17-8-6-14(7-9-17)10-18-12-22-21(27-18)23-20(24)16-11-15-4-2-3-5-19(15)26-13-16/h2-9,12,16H,10-11,13H2,1H3,(H,22,23,24)/t16-/m0/s1. The maximum Gasteiger partial charge on any atom is 0.233 e. The topological polar surface area (TPSA) is 60.5 Å². The summed E-state index contributed by atoms with van der Waals surface area (Å²) in [7, 11) is 1.66. The third-order valence-electron chi connectivity index (χ3n) is 4.57. The van der Waals surface area contributed by atoms with E-state index in [0.29, 0.717) is 18.2 Å². The lowest BCUT2D eigenvalue weighted by atomic mass is 9.96. The monoisotopic (exact) mass is 380 g/mol. The van der Waals surface area contributed by atoms with Crippen LogP contribution in [0.4, 0.5) is 5.13 Å². The van der Waals surface area contributed by atoms with Gasteiger partial charge in [-0.15, -0.1) is 11.3 Å². The molecule has 0 radical (unpaired) electrons. The number of amides is 1. The number of hydrogen-bond acceptors (Lipinski definition) is 5. The molecule has 1 amide bonds. The Morgan fingerprint density at radius 1 is 1.26 bits per heavy atom. The van der Waals surface area contributed by atoms with Gasteiger partial charge in [-0.2, -0.15) is 0 Å². The molecule has 138 valence electrons. The Morgan fingerprint density at radius 2 is 2.07 bits per heavy atom. The van der Waals surface area contributed by atoms with Crippen molar-refractivity contribution in [3.05, 3.63) is 70.7 Å². The molecule has 1 atom stereocenters. The molecule has 1 aliphatic heterocycles. The first kappa shape index (κ1) is 17.5. The number of rotatable bonds is 5. The van der Waals surface area contributed by atoms with Gasteiger partial charge >= 0.3 is 0 Å². The molecule has 0 spiro atoms. The van der Waals surface area contributed by atoms with Crippen LogP contribution < -0.4 is 14.8 Å². The van der Waals surface area contributed by atoms with Crippen LogP contribution in [-0.2, 0) is 17.6 Å². The third kappa shape index (κ3) is 4.11. The fourth-order valence-corrected chi connectivity index (χ4v) is 3.95. The largest absolute Gasteiger partial charge is 0.497 e. The highest BCUT2D eigenvalue weighted by Gasteiger charge is 2.26. The highest BCUT2D eigenvalue weighted by molar-refractivity contribution is 7.15. The smallest absolute Gasteiger partial charge is 0.233 e. The van der Waals surface area contributed by atoms with Crippen molar-refractivity contribution >= 4 is 22.4 Å². The highest BCUT2D eigenvalue weighted by Crippen LogP contribution is 2.28. The maximum absolute atomic E-state index is 12.6. The molecule has 5 nitrogen and oxygen atoms in total. The first-order valence-electron chi connectivity index (χ1n) is 8.80. The minimum Gasteiger partial charge on any atom is -0.497 e. The summed E-state index contributed by atoms with van der Waals surface area (Å²) in [5, 5.41) is 3.56. The van der Waals surface area contributed by atoms with Gasteiger partial charge in [0.25, 0.3) is 0 Å². The Kier molecular flexibility index (Phi) is 5.07. The summed E-state index contributed by atoms with van der Waals surface area (Å²) >= 11 is 1.50. The van der Waals surface area contributed by atoms with Gasteiger partial charge in [-0.05, 0) is 35.7 Å². The van der Waals surface area contributed by atoms with E-state index in [2.05, 4.69) is 10.3 Å². The zero-order chi connectivity index (χ0) is 18.6. The van der Waals surface area contributed by atoms with Crippen LogP contribution in [0.3, 0.4) is 0 Å². The predicted octanol–water partition coefficient (Wildman–Crippen LogP) is 3.93. The number of para-hydroxylation sites is 1. The third-order valence-corrected chi connectivity index (χ3v) is 5.48. The fourth-order valence-electron chi connectivity index (χ4n) is 3.10. The van der Waals surface area contributed by atoms with E-state index in [1.807, 2.05) is 54.7 Å². The minimum atomic E-state index is -0.200. The number of thiazole rings is 1. The molecule has 0 saturated carbocycles.